The van der Waals surface area contributed by atoms with E-state index in [1.54, 1.807) is 0 Å². The molecule has 0 atom stereocenters. The van der Waals surface area contributed by atoms with Crippen LogP contribution in [0.15, 0.2) is 17.1 Å². The smallest absolute Gasteiger partial charge is 0.338 e. The molecule has 0 amide bonds. The molecule has 0 aliphatic rings. The number of carbonyl (C=O) groups is 1. The van der Waals surface area contributed by atoms with Crippen LogP contribution in [0.4, 0.5) is 0 Å². The third-order valence-electron chi connectivity index (χ3n) is 0.976. The Balaban J connectivity index is 3.97. The van der Waals surface area contributed by atoms with Gasteiger partial charge in [-0.1, -0.05) is 6.58 Å². The number of aliphatic imine (C=N–C) groups is 1. The molecule has 0 rings (SSSR count). The molecule has 0 fully saturated rings. The van der Waals surface area contributed by atoms with Crippen LogP contribution in [0.25, 0.3) is 0 Å². The van der Waals surface area contributed by atoms with E-state index < -0.39 is 5.97 Å². The van der Waals surface area contributed by atoms with Crippen LogP contribution >= 0.6 is 0 Å². The first kappa shape index (κ1) is 9.88. The third kappa shape index (κ3) is 4.31. The van der Waals surface area contributed by atoms with Gasteiger partial charge in [0.05, 0.1) is 12.7 Å². The lowest BCUT2D eigenvalue weighted by molar-refractivity contribution is -0.135. The highest BCUT2D eigenvalue weighted by Gasteiger charge is 2.01. The molecule has 0 N–H and O–H groups in total. The molecule has 0 saturated heterocycles. The normalized spacial score (nSPS) is 10.5. The van der Waals surface area contributed by atoms with Crippen molar-refractivity contribution in [1.29, 1.82) is 0 Å². The fourth-order valence-corrected chi connectivity index (χ4v) is 0.423. The van der Waals surface area contributed by atoms with E-state index in [2.05, 4.69) is 16.3 Å². The standard InChI is InChI=1S/C8H13NO2/c1-6(2)9-5-7(3)8(10)11-4/h5-6H,3H2,1-2,4H3. The fraction of sp³-hybridized carbons (Fsp3) is 0.500. The van der Waals surface area contributed by atoms with E-state index in [0.29, 0.717) is 0 Å². The summed E-state index contributed by atoms with van der Waals surface area (Å²) in [7, 11) is 1.32. The minimum absolute atomic E-state index is 0.177. The Kier molecular flexibility index (Phi) is 4.18. The fourth-order valence-electron chi connectivity index (χ4n) is 0.423. The topological polar surface area (TPSA) is 38.7 Å². The summed E-state index contributed by atoms with van der Waals surface area (Å²) in [5.74, 6) is -0.436. The Labute approximate surface area is 66.8 Å². The van der Waals surface area contributed by atoms with Gasteiger partial charge < -0.3 is 4.74 Å². The Morgan fingerprint density at radius 2 is 2.18 bits per heavy atom. The summed E-state index contributed by atoms with van der Waals surface area (Å²) in [5.41, 5.74) is 0.279. The molecule has 3 nitrogen and oxygen atoms in total. The van der Waals surface area contributed by atoms with Crippen molar-refractivity contribution in [3.8, 4) is 0 Å². The van der Waals surface area contributed by atoms with Gasteiger partial charge in [0, 0.05) is 12.3 Å². The second-order valence-corrected chi connectivity index (χ2v) is 2.39. The van der Waals surface area contributed by atoms with Crippen LogP contribution in [-0.2, 0) is 9.53 Å². The van der Waals surface area contributed by atoms with Crippen molar-refractivity contribution in [1.82, 2.24) is 0 Å². The lowest BCUT2D eigenvalue weighted by atomic mass is 10.3. The number of hydrogen-bond donors (Lipinski definition) is 0. The van der Waals surface area contributed by atoms with Gasteiger partial charge in [0.15, 0.2) is 0 Å². The summed E-state index contributed by atoms with van der Waals surface area (Å²) < 4.78 is 4.41. The molecule has 0 aliphatic carbocycles. The zero-order valence-electron chi connectivity index (χ0n) is 7.13. The molecule has 0 unspecified atom stereocenters. The number of methoxy groups -OCH3 is 1. The number of carbonyl (C=O) groups excluding carboxylic acids is 1. The predicted octanol–water partition coefficient (Wildman–Crippen LogP) is 1.19. The van der Waals surface area contributed by atoms with Gasteiger partial charge in [0.2, 0.25) is 0 Å². The van der Waals surface area contributed by atoms with Crippen LogP contribution in [0.3, 0.4) is 0 Å². The molecule has 0 aliphatic heterocycles. The Morgan fingerprint density at radius 1 is 1.64 bits per heavy atom. The van der Waals surface area contributed by atoms with Crippen LogP contribution in [0.2, 0.25) is 0 Å². The van der Waals surface area contributed by atoms with Crippen molar-refractivity contribution in [2.45, 2.75) is 19.9 Å². The summed E-state index contributed by atoms with van der Waals surface area (Å²) >= 11 is 0. The van der Waals surface area contributed by atoms with Gasteiger partial charge in [-0.05, 0) is 13.8 Å². The van der Waals surface area contributed by atoms with Crippen LogP contribution in [0.5, 0.6) is 0 Å². The largest absolute Gasteiger partial charge is 0.465 e. The highest BCUT2D eigenvalue weighted by molar-refractivity contribution is 6.08. The van der Waals surface area contributed by atoms with Crippen molar-refractivity contribution in [3.05, 3.63) is 12.2 Å². The summed E-state index contributed by atoms with van der Waals surface area (Å²) in [5, 5.41) is 0. The molecule has 3 heteroatoms. The minimum atomic E-state index is -0.436. The minimum Gasteiger partial charge on any atom is -0.465 e. The van der Waals surface area contributed by atoms with Gasteiger partial charge in [-0.2, -0.15) is 0 Å². The molecular weight excluding hydrogens is 142 g/mol. The van der Waals surface area contributed by atoms with Crippen LogP contribution in [0.1, 0.15) is 13.8 Å². The summed E-state index contributed by atoms with van der Waals surface area (Å²) in [6.45, 7) is 7.31. The number of rotatable bonds is 3. The highest BCUT2D eigenvalue weighted by atomic mass is 16.5. The molecule has 0 aromatic carbocycles. The van der Waals surface area contributed by atoms with Crippen molar-refractivity contribution in [2.75, 3.05) is 7.11 Å². The lowest BCUT2D eigenvalue weighted by Gasteiger charge is -1.97. The Hall–Kier alpha value is -1.12. The average molecular weight is 155 g/mol. The van der Waals surface area contributed by atoms with Gasteiger partial charge in [0.1, 0.15) is 0 Å². The molecular formula is C8H13NO2. The molecule has 0 aromatic heterocycles. The number of hydrogen-bond acceptors (Lipinski definition) is 3. The van der Waals surface area contributed by atoms with Gasteiger partial charge in [-0.25, -0.2) is 4.79 Å². The molecule has 0 bridgehead atoms. The van der Waals surface area contributed by atoms with Crippen molar-refractivity contribution in [2.24, 2.45) is 4.99 Å². The molecule has 0 saturated carbocycles. The molecule has 0 radical (unpaired) electrons. The van der Waals surface area contributed by atoms with Crippen molar-refractivity contribution in [3.63, 3.8) is 0 Å². The first-order valence-corrected chi connectivity index (χ1v) is 3.38. The zero-order chi connectivity index (χ0) is 8.85. The monoisotopic (exact) mass is 155 g/mol. The van der Waals surface area contributed by atoms with E-state index in [4.69, 9.17) is 0 Å². The van der Waals surface area contributed by atoms with Crippen LogP contribution in [-0.4, -0.2) is 25.3 Å². The van der Waals surface area contributed by atoms with E-state index in [1.165, 1.54) is 13.3 Å². The van der Waals surface area contributed by atoms with E-state index >= 15 is 0 Å². The maximum absolute atomic E-state index is 10.7. The third-order valence-corrected chi connectivity index (χ3v) is 0.976. The van der Waals surface area contributed by atoms with E-state index in [9.17, 15) is 4.79 Å². The first-order chi connectivity index (χ1) is 5.07. The highest BCUT2D eigenvalue weighted by Crippen LogP contribution is 1.91. The summed E-state index contributed by atoms with van der Waals surface area (Å²) in [4.78, 5) is 14.7. The Morgan fingerprint density at radius 3 is 2.55 bits per heavy atom. The quantitative estimate of drug-likeness (QED) is 0.349. The maximum Gasteiger partial charge on any atom is 0.338 e. The molecule has 11 heavy (non-hydrogen) atoms. The van der Waals surface area contributed by atoms with Crippen molar-refractivity contribution < 1.29 is 9.53 Å². The van der Waals surface area contributed by atoms with Crippen LogP contribution < -0.4 is 0 Å². The number of nitrogens with zero attached hydrogens (tertiary/aromatic N) is 1. The number of ether oxygens (including phenoxy) is 1. The van der Waals surface area contributed by atoms with Crippen LogP contribution in [0, 0.1) is 0 Å². The van der Waals surface area contributed by atoms with E-state index in [0.717, 1.165) is 0 Å². The van der Waals surface area contributed by atoms with Gasteiger partial charge >= 0.3 is 5.97 Å². The average Bonchev–Trinajstić information content (AvgIpc) is 1.98. The summed E-state index contributed by atoms with van der Waals surface area (Å²) in [6.07, 6.45) is 1.43. The molecule has 0 spiro atoms. The Bertz CT molecular complexity index is 183. The second kappa shape index (κ2) is 4.66. The van der Waals surface area contributed by atoms with Gasteiger partial charge in [-0.15, -0.1) is 0 Å². The van der Waals surface area contributed by atoms with Crippen molar-refractivity contribution >= 4 is 12.2 Å². The van der Waals surface area contributed by atoms with Gasteiger partial charge in [-0.3, -0.25) is 4.99 Å². The molecule has 62 valence electrons. The van der Waals surface area contributed by atoms with E-state index in [1.807, 2.05) is 13.8 Å². The number of esters is 1. The van der Waals surface area contributed by atoms with E-state index in [-0.39, 0.29) is 11.6 Å². The predicted molar refractivity (Wildman–Crippen MR) is 44.8 cm³/mol. The maximum atomic E-state index is 10.7. The SMILES string of the molecule is C=C(C=NC(C)C)C(=O)OC. The summed E-state index contributed by atoms with van der Waals surface area (Å²) in [6, 6.07) is 0.177. The lowest BCUT2D eigenvalue weighted by Crippen LogP contribution is -2.05. The van der Waals surface area contributed by atoms with Gasteiger partial charge in [0.25, 0.3) is 0 Å². The first-order valence-electron chi connectivity index (χ1n) is 3.38. The molecule has 0 aromatic rings. The zero-order valence-corrected chi connectivity index (χ0v) is 7.13. The second-order valence-electron chi connectivity index (χ2n) is 2.39. The molecule has 0 heterocycles.